The first kappa shape index (κ1) is 17.4. The predicted octanol–water partition coefficient (Wildman–Crippen LogP) is 2.40. The van der Waals surface area contributed by atoms with Crippen LogP contribution in [0.2, 0.25) is 0 Å². The zero-order chi connectivity index (χ0) is 15.8. The van der Waals surface area contributed by atoms with Gasteiger partial charge in [0, 0.05) is 18.2 Å². The summed E-state index contributed by atoms with van der Waals surface area (Å²) < 4.78 is 19.0. The van der Waals surface area contributed by atoms with Crippen LogP contribution in [-0.4, -0.2) is 24.6 Å². The third-order valence-corrected chi connectivity index (χ3v) is 3.00. The highest BCUT2D eigenvalue weighted by atomic mass is 19.1. The van der Waals surface area contributed by atoms with Crippen LogP contribution >= 0.6 is 0 Å². The molecule has 0 saturated carbocycles. The van der Waals surface area contributed by atoms with Crippen LogP contribution in [-0.2, 0) is 11.2 Å². The molecule has 1 rings (SSSR count). The van der Waals surface area contributed by atoms with Gasteiger partial charge in [-0.15, -0.1) is 0 Å². The van der Waals surface area contributed by atoms with Gasteiger partial charge in [-0.3, -0.25) is 4.79 Å². The summed E-state index contributed by atoms with van der Waals surface area (Å²) in [7, 11) is 0. The van der Waals surface area contributed by atoms with E-state index in [1.807, 2.05) is 20.8 Å². The van der Waals surface area contributed by atoms with Crippen molar-refractivity contribution in [3.05, 3.63) is 29.6 Å². The minimum absolute atomic E-state index is 0.0106. The van der Waals surface area contributed by atoms with Crippen LogP contribution in [0.5, 0.6) is 5.75 Å². The van der Waals surface area contributed by atoms with Gasteiger partial charge in [0.15, 0.2) is 0 Å². The van der Waals surface area contributed by atoms with E-state index < -0.39 is 0 Å². The molecule has 0 aromatic heterocycles. The molecule has 21 heavy (non-hydrogen) atoms. The highest BCUT2D eigenvalue weighted by Crippen LogP contribution is 2.18. The minimum Gasteiger partial charge on any atom is -0.493 e. The zero-order valence-electron chi connectivity index (χ0n) is 13.0. The Balaban J connectivity index is 2.53. The lowest BCUT2D eigenvalue weighted by Crippen LogP contribution is -2.31. The lowest BCUT2D eigenvalue weighted by molar-refractivity contribution is -0.122. The normalized spacial score (nSPS) is 12.3. The van der Waals surface area contributed by atoms with Gasteiger partial charge in [0.25, 0.3) is 0 Å². The number of carbonyl (C=O) groups excluding carboxylic acids is 1. The Morgan fingerprint density at radius 1 is 1.38 bits per heavy atom. The third kappa shape index (κ3) is 7.09. The Labute approximate surface area is 125 Å². The molecule has 0 spiro atoms. The lowest BCUT2D eigenvalue weighted by Gasteiger charge is -2.12. The van der Waals surface area contributed by atoms with E-state index in [2.05, 4.69) is 5.32 Å². The van der Waals surface area contributed by atoms with Crippen LogP contribution in [0.4, 0.5) is 4.39 Å². The minimum atomic E-state index is -0.350. The number of hydrogen-bond donors (Lipinski definition) is 2. The molecule has 4 nitrogen and oxygen atoms in total. The number of hydrogen-bond acceptors (Lipinski definition) is 3. The highest BCUT2D eigenvalue weighted by Gasteiger charge is 2.07. The zero-order valence-corrected chi connectivity index (χ0v) is 13.0. The third-order valence-electron chi connectivity index (χ3n) is 3.00. The van der Waals surface area contributed by atoms with Crippen LogP contribution in [0.3, 0.4) is 0 Å². The molecule has 0 aliphatic rings. The Kier molecular flexibility index (Phi) is 7.15. The van der Waals surface area contributed by atoms with E-state index in [9.17, 15) is 9.18 Å². The molecule has 1 aromatic rings. The fourth-order valence-corrected chi connectivity index (χ4v) is 1.92. The number of benzene rings is 1. The molecule has 5 heteroatoms. The summed E-state index contributed by atoms with van der Waals surface area (Å²) >= 11 is 0. The molecule has 1 aromatic carbocycles. The Morgan fingerprint density at radius 2 is 2.10 bits per heavy atom. The van der Waals surface area contributed by atoms with E-state index in [1.54, 1.807) is 6.07 Å². The fraction of sp³-hybridized carbons (Fsp3) is 0.562. The van der Waals surface area contributed by atoms with E-state index in [4.69, 9.17) is 10.5 Å². The van der Waals surface area contributed by atoms with Crippen LogP contribution in [0.1, 0.15) is 39.2 Å². The van der Waals surface area contributed by atoms with Crippen molar-refractivity contribution in [1.29, 1.82) is 0 Å². The highest BCUT2D eigenvalue weighted by molar-refractivity contribution is 5.76. The topological polar surface area (TPSA) is 64.3 Å². The SMILES string of the molecule is CCC(N)Cc1cc(F)cc(OCCC(=O)NC(C)C)c1. The van der Waals surface area contributed by atoms with Gasteiger partial charge in [0.05, 0.1) is 13.0 Å². The van der Waals surface area contributed by atoms with Gasteiger partial charge >= 0.3 is 0 Å². The van der Waals surface area contributed by atoms with Gasteiger partial charge < -0.3 is 15.8 Å². The van der Waals surface area contributed by atoms with Gasteiger partial charge in [-0.25, -0.2) is 4.39 Å². The van der Waals surface area contributed by atoms with E-state index >= 15 is 0 Å². The largest absolute Gasteiger partial charge is 0.493 e. The molecular formula is C16H25FN2O2. The number of nitrogens with one attached hydrogen (secondary N) is 1. The van der Waals surface area contributed by atoms with E-state index in [0.717, 1.165) is 12.0 Å². The number of ether oxygens (including phenoxy) is 1. The standard InChI is InChI=1S/C16H25FN2O2/c1-4-14(18)8-12-7-13(17)10-15(9-12)21-6-5-16(20)19-11(2)3/h7,9-11,14H,4-6,8,18H2,1-3H3,(H,19,20). The average molecular weight is 296 g/mol. The summed E-state index contributed by atoms with van der Waals surface area (Å²) in [6.07, 6.45) is 1.69. The molecule has 0 saturated heterocycles. The molecule has 0 heterocycles. The molecule has 0 aliphatic carbocycles. The summed E-state index contributed by atoms with van der Waals surface area (Å²) in [4.78, 5) is 11.5. The first-order valence-corrected chi connectivity index (χ1v) is 7.38. The van der Waals surface area contributed by atoms with Crippen LogP contribution in [0, 0.1) is 5.82 Å². The molecule has 118 valence electrons. The van der Waals surface area contributed by atoms with Crippen molar-refractivity contribution in [2.75, 3.05) is 6.61 Å². The van der Waals surface area contributed by atoms with Crippen molar-refractivity contribution in [3.63, 3.8) is 0 Å². The number of rotatable bonds is 8. The summed E-state index contributed by atoms with van der Waals surface area (Å²) in [6, 6.07) is 4.68. The van der Waals surface area contributed by atoms with Crippen molar-refractivity contribution < 1.29 is 13.9 Å². The van der Waals surface area contributed by atoms with Crippen LogP contribution in [0.15, 0.2) is 18.2 Å². The first-order valence-electron chi connectivity index (χ1n) is 7.38. The summed E-state index contributed by atoms with van der Waals surface area (Å²) in [6.45, 7) is 6.01. The average Bonchev–Trinajstić information content (AvgIpc) is 2.36. The Hall–Kier alpha value is -1.62. The van der Waals surface area contributed by atoms with Gasteiger partial charge in [0.1, 0.15) is 11.6 Å². The fourth-order valence-electron chi connectivity index (χ4n) is 1.92. The summed E-state index contributed by atoms with van der Waals surface area (Å²) in [5.41, 5.74) is 6.69. The quantitative estimate of drug-likeness (QED) is 0.774. The molecule has 1 atom stereocenters. The van der Waals surface area contributed by atoms with Crippen LogP contribution in [0.25, 0.3) is 0 Å². The van der Waals surface area contributed by atoms with Crippen molar-refractivity contribution >= 4 is 5.91 Å². The first-order chi connectivity index (χ1) is 9.90. The van der Waals surface area contributed by atoms with Gasteiger partial charge in [0.2, 0.25) is 5.91 Å². The smallest absolute Gasteiger partial charge is 0.223 e. The Morgan fingerprint density at radius 3 is 2.71 bits per heavy atom. The summed E-state index contributed by atoms with van der Waals surface area (Å²) in [5.74, 6) is 0.0118. The number of amides is 1. The molecule has 0 bridgehead atoms. The Bertz CT molecular complexity index is 464. The molecule has 0 aliphatic heterocycles. The van der Waals surface area contributed by atoms with E-state index in [-0.39, 0.29) is 36.8 Å². The molecule has 3 N–H and O–H groups in total. The van der Waals surface area contributed by atoms with Crippen LogP contribution < -0.4 is 15.8 Å². The molecule has 0 fully saturated rings. The molecular weight excluding hydrogens is 271 g/mol. The molecule has 1 unspecified atom stereocenters. The number of halogens is 1. The maximum absolute atomic E-state index is 13.5. The second-order valence-electron chi connectivity index (χ2n) is 5.49. The van der Waals surface area contributed by atoms with Gasteiger partial charge in [-0.2, -0.15) is 0 Å². The maximum atomic E-state index is 13.5. The maximum Gasteiger partial charge on any atom is 0.223 e. The lowest BCUT2D eigenvalue weighted by atomic mass is 10.0. The van der Waals surface area contributed by atoms with E-state index in [1.165, 1.54) is 12.1 Å². The van der Waals surface area contributed by atoms with Crippen molar-refractivity contribution in [1.82, 2.24) is 5.32 Å². The predicted molar refractivity (Wildman–Crippen MR) is 81.8 cm³/mol. The van der Waals surface area contributed by atoms with Crippen molar-refractivity contribution in [2.45, 2.75) is 52.1 Å². The van der Waals surface area contributed by atoms with Crippen molar-refractivity contribution in [3.8, 4) is 5.75 Å². The second kappa shape index (κ2) is 8.62. The number of carbonyl (C=O) groups is 1. The summed E-state index contributed by atoms with van der Waals surface area (Å²) in [5, 5.41) is 2.78. The van der Waals surface area contributed by atoms with E-state index in [0.29, 0.717) is 12.2 Å². The van der Waals surface area contributed by atoms with Crippen molar-refractivity contribution in [2.24, 2.45) is 5.73 Å². The van der Waals surface area contributed by atoms with Gasteiger partial charge in [-0.1, -0.05) is 6.92 Å². The molecule has 0 radical (unpaired) electrons. The monoisotopic (exact) mass is 296 g/mol. The van der Waals surface area contributed by atoms with Gasteiger partial charge in [-0.05, 0) is 44.4 Å². The number of nitrogens with two attached hydrogens (primary N) is 1. The second-order valence-corrected chi connectivity index (χ2v) is 5.49. The molecule has 1 amide bonds.